The zero-order chi connectivity index (χ0) is 17.9. The van der Waals surface area contributed by atoms with Crippen LogP contribution in [0.3, 0.4) is 0 Å². The summed E-state index contributed by atoms with van der Waals surface area (Å²) >= 11 is 6.17. The van der Waals surface area contributed by atoms with Gasteiger partial charge in [0.1, 0.15) is 0 Å². The van der Waals surface area contributed by atoms with Crippen molar-refractivity contribution >= 4 is 64.7 Å². The summed E-state index contributed by atoms with van der Waals surface area (Å²) in [5.74, 6) is -0.199. The Bertz CT molecular complexity index is 1080. The van der Waals surface area contributed by atoms with Crippen molar-refractivity contribution in [3.8, 4) is 5.88 Å². The Labute approximate surface area is 178 Å². The van der Waals surface area contributed by atoms with E-state index in [0.29, 0.717) is 10.6 Å². The molecule has 4 rings (SSSR count). The first kappa shape index (κ1) is 21.6. The molecule has 0 fully saturated rings. The number of nitrogens with one attached hydrogen (secondary N) is 2. The molecule has 5 nitrogen and oxygen atoms in total. The number of para-hydroxylation sites is 1. The minimum Gasteiger partial charge on any atom is -0.402 e. The molecule has 28 heavy (non-hydrogen) atoms. The number of rotatable bonds is 4. The van der Waals surface area contributed by atoms with Crippen LogP contribution in [0.1, 0.15) is 10.4 Å². The van der Waals surface area contributed by atoms with Crippen LogP contribution in [0.5, 0.6) is 5.88 Å². The average Bonchev–Trinajstić information content (AvgIpc) is 3.06. The van der Waals surface area contributed by atoms with Crippen LogP contribution in [0.25, 0.3) is 10.9 Å². The van der Waals surface area contributed by atoms with E-state index in [1.807, 2.05) is 48.5 Å². The second kappa shape index (κ2) is 9.46. The lowest BCUT2D eigenvalue weighted by molar-refractivity contribution is 0.0729. The van der Waals surface area contributed by atoms with Gasteiger partial charge in [-0.05, 0) is 42.5 Å². The van der Waals surface area contributed by atoms with Crippen LogP contribution in [-0.4, -0.2) is 16.2 Å². The molecule has 0 aliphatic carbocycles. The third-order valence-electron chi connectivity index (χ3n) is 3.88. The number of carbonyl (C=O) groups is 1. The molecule has 144 valence electrons. The minimum atomic E-state index is -0.447. The number of aromatic amines is 1. The van der Waals surface area contributed by atoms with Crippen LogP contribution in [0.2, 0.25) is 5.02 Å². The molecule has 0 saturated heterocycles. The van der Waals surface area contributed by atoms with Gasteiger partial charge in [0, 0.05) is 5.69 Å². The maximum absolute atomic E-state index is 12.2. The molecule has 0 aliphatic heterocycles. The average molecular weight is 437 g/mol. The molecule has 0 amide bonds. The van der Waals surface area contributed by atoms with Crippen molar-refractivity contribution in [1.29, 1.82) is 0 Å². The molecule has 1 aromatic heterocycles. The molecule has 8 heteroatoms. The van der Waals surface area contributed by atoms with Crippen molar-refractivity contribution < 1.29 is 9.53 Å². The van der Waals surface area contributed by atoms with E-state index in [2.05, 4.69) is 15.5 Å². The number of H-pyrrole nitrogens is 1. The van der Waals surface area contributed by atoms with E-state index in [9.17, 15) is 4.79 Å². The predicted octanol–water partition coefficient (Wildman–Crippen LogP) is 6.02. The zero-order valence-corrected chi connectivity index (χ0v) is 16.8. The highest BCUT2D eigenvalue weighted by Crippen LogP contribution is 2.29. The standard InChI is InChI=1S/C20H14ClN3O2.2ClH/c21-16-8-4-5-9-17(16)22-14-10-11-15-18(12-14)23-24-19(15)26-20(25)13-6-2-1-3-7-13;;/h1-12,22H,(H,23,24);2*1H. The molecule has 0 spiro atoms. The van der Waals surface area contributed by atoms with Crippen LogP contribution < -0.4 is 10.1 Å². The lowest BCUT2D eigenvalue weighted by Gasteiger charge is -2.08. The first-order valence-electron chi connectivity index (χ1n) is 7.97. The number of fused-ring (bicyclic) bond motifs is 1. The number of esters is 1. The van der Waals surface area contributed by atoms with E-state index in [1.54, 1.807) is 24.3 Å². The van der Waals surface area contributed by atoms with E-state index in [-0.39, 0.29) is 30.7 Å². The highest BCUT2D eigenvalue weighted by atomic mass is 35.5. The number of hydrogen-bond donors (Lipinski definition) is 2. The van der Waals surface area contributed by atoms with Gasteiger partial charge in [-0.3, -0.25) is 5.10 Å². The van der Waals surface area contributed by atoms with Crippen LogP contribution in [0.4, 0.5) is 11.4 Å². The fourth-order valence-corrected chi connectivity index (χ4v) is 2.77. The van der Waals surface area contributed by atoms with E-state index >= 15 is 0 Å². The van der Waals surface area contributed by atoms with Gasteiger partial charge in [0.2, 0.25) is 5.88 Å². The Morgan fingerprint density at radius 3 is 2.43 bits per heavy atom. The Balaban J connectivity index is 0.00000140. The summed E-state index contributed by atoms with van der Waals surface area (Å²) in [6.07, 6.45) is 0. The smallest absolute Gasteiger partial charge is 0.344 e. The molecule has 2 N–H and O–H groups in total. The van der Waals surface area contributed by atoms with Gasteiger partial charge in [0.25, 0.3) is 0 Å². The van der Waals surface area contributed by atoms with E-state index < -0.39 is 5.97 Å². The second-order valence-electron chi connectivity index (χ2n) is 5.65. The monoisotopic (exact) mass is 435 g/mol. The highest BCUT2D eigenvalue weighted by molar-refractivity contribution is 6.33. The number of halogens is 3. The quantitative estimate of drug-likeness (QED) is 0.384. The third kappa shape index (κ3) is 4.57. The summed E-state index contributed by atoms with van der Waals surface area (Å²) in [6.45, 7) is 0. The summed E-state index contributed by atoms with van der Waals surface area (Å²) in [6, 6.07) is 21.9. The van der Waals surface area contributed by atoms with Gasteiger partial charge in [-0.15, -0.1) is 29.9 Å². The van der Waals surface area contributed by atoms with Gasteiger partial charge in [-0.2, -0.15) is 0 Å². The lowest BCUT2D eigenvalue weighted by Crippen LogP contribution is -2.08. The molecule has 0 unspecified atom stereocenters. The molecular weight excluding hydrogens is 421 g/mol. The van der Waals surface area contributed by atoms with Crippen LogP contribution in [0.15, 0.2) is 72.8 Å². The molecule has 0 saturated carbocycles. The maximum atomic E-state index is 12.2. The van der Waals surface area contributed by atoms with Crippen LogP contribution >= 0.6 is 36.4 Å². The van der Waals surface area contributed by atoms with Crippen molar-refractivity contribution in [2.24, 2.45) is 0 Å². The Morgan fingerprint density at radius 2 is 1.68 bits per heavy atom. The van der Waals surface area contributed by atoms with Crippen molar-refractivity contribution in [2.75, 3.05) is 5.32 Å². The fraction of sp³-hybridized carbons (Fsp3) is 0. The number of ether oxygens (including phenoxy) is 1. The van der Waals surface area contributed by atoms with Gasteiger partial charge in [0.05, 0.1) is 27.2 Å². The van der Waals surface area contributed by atoms with Gasteiger partial charge in [-0.1, -0.05) is 41.9 Å². The number of hydrogen-bond acceptors (Lipinski definition) is 4. The van der Waals surface area contributed by atoms with Gasteiger partial charge < -0.3 is 10.1 Å². The topological polar surface area (TPSA) is 67.0 Å². The summed E-state index contributed by atoms with van der Waals surface area (Å²) in [5, 5.41) is 11.6. The fourth-order valence-electron chi connectivity index (χ4n) is 2.59. The van der Waals surface area contributed by atoms with E-state index in [1.165, 1.54) is 0 Å². The highest BCUT2D eigenvalue weighted by Gasteiger charge is 2.14. The largest absolute Gasteiger partial charge is 0.402 e. The maximum Gasteiger partial charge on any atom is 0.344 e. The zero-order valence-electron chi connectivity index (χ0n) is 14.4. The molecule has 0 radical (unpaired) electrons. The van der Waals surface area contributed by atoms with E-state index in [4.69, 9.17) is 16.3 Å². The second-order valence-corrected chi connectivity index (χ2v) is 6.06. The predicted molar refractivity (Wildman–Crippen MR) is 117 cm³/mol. The third-order valence-corrected chi connectivity index (χ3v) is 4.21. The number of aromatic nitrogens is 2. The van der Waals surface area contributed by atoms with Crippen molar-refractivity contribution in [1.82, 2.24) is 10.2 Å². The Hall–Kier alpha value is -2.73. The molecule has 1 heterocycles. The summed E-state index contributed by atoms with van der Waals surface area (Å²) < 4.78 is 5.41. The number of benzene rings is 3. The first-order chi connectivity index (χ1) is 12.7. The minimum absolute atomic E-state index is 0. The van der Waals surface area contributed by atoms with Crippen LogP contribution in [-0.2, 0) is 0 Å². The molecule has 0 bridgehead atoms. The van der Waals surface area contributed by atoms with E-state index in [0.717, 1.165) is 22.3 Å². The summed E-state index contributed by atoms with van der Waals surface area (Å²) in [7, 11) is 0. The number of carbonyl (C=O) groups excluding carboxylic acids is 1. The molecule has 0 aliphatic rings. The van der Waals surface area contributed by atoms with Crippen molar-refractivity contribution in [2.45, 2.75) is 0 Å². The van der Waals surface area contributed by atoms with Crippen LogP contribution in [0, 0.1) is 0 Å². The van der Waals surface area contributed by atoms with Gasteiger partial charge in [-0.25, -0.2) is 4.79 Å². The first-order valence-corrected chi connectivity index (χ1v) is 8.35. The van der Waals surface area contributed by atoms with Crippen molar-refractivity contribution in [3.05, 3.63) is 83.4 Å². The summed E-state index contributed by atoms with van der Waals surface area (Å²) in [4.78, 5) is 12.2. The number of nitrogens with zero attached hydrogens (tertiary/aromatic N) is 1. The summed E-state index contributed by atoms with van der Waals surface area (Å²) in [5.41, 5.74) is 2.87. The normalized spacial score (nSPS) is 9.89. The SMILES string of the molecule is Cl.Cl.O=C(Oc1n[nH]c2cc(Nc3ccccc3Cl)ccc12)c1ccccc1. The van der Waals surface area contributed by atoms with Crippen molar-refractivity contribution in [3.63, 3.8) is 0 Å². The Morgan fingerprint density at radius 1 is 0.964 bits per heavy atom. The molecule has 4 aromatic rings. The Kier molecular flexibility index (Phi) is 7.29. The van der Waals surface area contributed by atoms with Gasteiger partial charge >= 0.3 is 5.97 Å². The lowest BCUT2D eigenvalue weighted by atomic mass is 10.2. The van der Waals surface area contributed by atoms with Gasteiger partial charge in [0.15, 0.2) is 0 Å². The molecule has 0 atom stereocenters. The number of anilines is 2. The molecule has 3 aromatic carbocycles. The molecular formula is C20H16Cl3N3O2.